The molecule has 1 amide bonds. The minimum atomic E-state index is 0.0656. The zero-order chi connectivity index (χ0) is 13.7. The molecular formula is C13H19ClN2OS2. The van der Waals surface area contributed by atoms with Crippen LogP contribution in [0.25, 0.3) is 0 Å². The highest BCUT2D eigenvalue weighted by molar-refractivity contribution is 8.00. The molecule has 1 aromatic rings. The summed E-state index contributed by atoms with van der Waals surface area (Å²) in [5, 5.41) is 5.82. The lowest BCUT2D eigenvalue weighted by atomic mass is 10.1. The van der Waals surface area contributed by atoms with Gasteiger partial charge in [0, 0.05) is 16.7 Å². The number of halogens is 1. The van der Waals surface area contributed by atoms with Crippen LogP contribution in [0.5, 0.6) is 0 Å². The summed E-state index contributed by atoms with van der Waals surface area (Å²) in [7, 11) is 0. The van der Waals surface area contributed by atoms with E-state index >= 15 is 0 Å². The van der Waals surface area contributed by atoms with Crippen LogP contribution in [0.3, 0.4) is 0 Å². The molecule has 106 valence electrons. The number of nitrogens with one attached hydrogen (secondary N) is 1. The van der Waals surface area contributed by atoms with Crippen LogP contribution in [0.4, 0.5) is 0 Å². The fraction of sp³-hybridized carbons (Fsp3) is 0.692. The number of carbonyl (C=O) groups is 1. The fourth-order valence-corrected chi connectivity index (χ4v) is 4.36. The van der Waals surface area contributed by atoms with Crippen LogP contribution < -0.4 is 5.32 Å². The van der Waals surface area contributed by atoms with E-state index in [2.05, 4.69) is 16.6 Å². The Kier molecular flexibility index (Phi) is 5.54. The molecule has 1 fully saturated rings. The number of hydrogen-bond donors (Lipinski definition) is 1. The first-order chi connectivity index (χ1) is 9.17. The normalized spacial score (nSPS) is 17.6. The van der Waals surface area contributed by atoms with Gasteiger partial charge in [-0.15, -0.1) is 22.9 Å². The molecule has 1 N–H and O–H groups in total. The third kappa shape index (κ3) is 4.10. The van der Waals surface area contributed by atoms with E-state index in [9.17, 15) is 4.79 Å². The van der Waals surface area contributed by atoms with Crippen LogP contribution in [0.15, 0.2) is 5.38 Å². The first-order valence-corrected chi connectivity index (χ1v) is 9.12. The monoisotopic (exact) mass is 318 g/mol. The number of nitrogens with zero attached hydrogens (tertiary/aromatic N) is 1. The van der Waals surface area contributed by atoms with Gasteiger partial charge < -0.3 is 5.32 Å². The van der Waals surface area contributed by atoms with Crippen molar-refractivity contribution < 1.29 is 4.79 Å². The van der Waals surface area contributed by atoms with E-state index in [1.165, 1.54) is 37.0 Å². The van der Waals surface area contributed by atoms with Crippen molar-refractivity contribution in [2.45, 2.75) is 42.7 Å². The second-order valence-corrected chi connectivity index (χ2v) is 7.40. The average molecular weight is 319 g/mol. The molecule has 1 aliphatic rings. The van der Waals surface area contributed by atoms with Crippen molar-refractivity contribution in [3.8, 4) is 0 Å². The number of carbonyl (C=O) groups excluding carboxylic acids is 1. The molecule has 0 radical (unpaired) electrons. The Morgan fingerprint density at radius 3 is 2.89 bits per heavy atom. The van der Waals surface area contributed by atoms with Crippen LogP contribution in [0.2, 0.25) is 0 Å². The largest absolute Gasteiger partial charge is 0.354 e. The summed E-state index contributed by atoms with van der Waals surface area (Å²) in [5.74, 6) is 0.476. The minimum Gasteiger partial charge on any atom is -0.354 e. The van der Waals surface area contributed by atoms with Crippen LogP contribution >= 0.6 is 34.7 Å². The lowest BCUT2D eigenvalue weighted by Crippen LogP contribution is -2.39. The van der Waals surface area contributed by atoms with E-state index < -0.39 is 0 Å². The zero-order valence-corrected chi connectivity index (χ0v) is 13.5. The van der Waals surface area contributed by atoms with Crippen LogP contribution in [0.1, 0.15) is 36.4 Å². The molecule has 1 aromatic heterocycles. The lowest BCUT2D eigenvalue weighted by molar-refractivity contribution is -0.120. The van der Waals surface area contributed by atoms with Crippen molar-refractivity contribution in [3.63, 3.8) is 0 Å². The molecule has 1 aliphatic carbocycles. The second kappa shape index (κ2) is 6.95. The van der Waals surface area contributed by atoms with E-state index in [0.29, 0.717) is 12.3 Å². The topological polar surface area (TPSA) is 42.0 Å². The summed E-state index contributed by atoms with van der Waals surface area (Å²) < 4.78 is 0.264. The third-order valence-corrected chi connectivity index (χ3v) is 6.19. The van der Waals surface area contributed by atoms with Gasteiger partial charge in [-0.25, -0.2) is 4.98 Å². The van der Waals surface area contributed by atoms with Gasteiger partial charge in [0.15, 0.2) is 0 Å². The molecule has 0 aliphatic heterocycles. The molecule has 6 heteroatoms. The highest BCUT2D eigenvalue weighted by Gasteiger charge is 2.33. The van der Waals surface area contributed by atoms with Gasteiger partial charge in [-0.05, 0) is 19.1 Å². The Labute approximate surface area is 127 Å². The Bertz CT molecular complexity index is 430. The highest BCUT2D eigenvalue weighted by atomic mass is 35.5. The van der Waals surface area contributed by atoms with Gasteiger partial charge in [-0.3, -0.25) is 4.79 Å². The third-order valence-electron chi connectivity index (χ3n) is 3.60. The Hall–Kier alpha value is -0.260. The number of rotatable bonds is 6. The maximum absolute atomic E-state index is 11.9. The summed E-state index contributed by atoms with van der Waals surface area (Å²) in [4.78, 5) is 16.2. The lowest BCUT2D eigenvalue weighted by Gasteiger charge is -2.26. The van der Waals surface area contributed by atoms with Crippen LogP contribution in [-0.2, 0) is 17.1 Å². The molecule has 0 bridgehead atoms. The van der Waals surface area contributed by atoms with E-state index in [4.69, 9.17) is 11.6 Å². The molecule has 0 atom stereocenters. The molecule has 2 rings (SSSR count). The molecule has 0 unspecified atom stereocenters. The predicted octanol–water partition coefficient (Wildman–Crippen LogP) is 3.22. The number of alkyl halides is 1. The van der Waals surface area contributed by atoms with Crippen LogP contribution in [0, 0.1) is 0 Å². The van der Waals surface area contributed by atoms with Gasteiger partial charge >= 0.3 is 0 Å². The summed E-state index contributed by atoms with van der Waals surface area (Å²) >= 11 is 9.10. The number of amides is 1. The number of thiazole rings is 1. The van der Waals surface area contributed by atoms with Crippen molar-refractivity contribution in [1.29, 1.82) is 0 Å². The molecular weight excluding hydrogens is 300 g/mol. The summed E-state index contributed by atoms with van der Waals surface area (Å²) in [6, 6.07) is 0. The molecule has 0 saturated heterocycles. The van der Waals surface area contributed by atoms with Gasteiger partial charge in [0.25, 0.3) is 0 Å². The van der Waals surface area contributed by atoms with Gasteiger partial charge in [-0.1, -0.05) is 12.8 Å². The summed E-state index contributed by atoms with van der Waals surface area (Å²) in [6.45, 7) is 0.779. The molecule has 0 aromatic carbocycles. The van der Waals surface area contributed by atoms with Crippen molar-refractivity contribution >= 4 is 40.6 Å². The molecule has 19 heavy (non-hydrogen) atoms. The Morgan fingerprint density at radius 2 is 2.32 bits per heavy atom. The molecule has 1 heterocycles. The van der Waals surface area contributed by atoms with E-state index in [0.717, 1.165) is 17.2 Å². The Balaban J connectivity index is 1.81. The Morgan fingerprint density at radius 1 is 1.58 bits per heavy atom. The van der Waals surface area contributed by atoms with Crippen molar-refractivity contribution in [1.82, 2.24) is 10.3 Å². The van der Waals surface area contributed by atoms with Gasteiger partial charge in [0.05, 0.1) is 18.0 Å². The smallest absolute Gasteiger partial charge is 0.226 e. The van der Waals surface area contributed by atoms with Crippen molar-refractivity contribution in [3.05, 3.63) is 16.1 Å². The molecule has 3 nitrogen and oxygen atoms in total. The maximum atomic E-state index is 11.9. The van der Waals surface area contributed by atoms with Crippen molar-refractivity contribution in [2.24, 2.45) is 0 Å². The van der Waals surface area contributed by atoms with E-state index in [1.54, 1.807) is 0 Å². The quantitative estimate of drug-likeness (QED) is 0.819. The van der Waals surface area contributed by atoms with Crippen molar-refractivity contribution in [2.75, 3.05) is 12.8 Å². The standard InChI is InChI=1S/C13H19ClN2OS2/c1-18-13(4-2-3-5-13)9-15-11(17)6-12-16-10(7-14)8-19-12/h8H,2-7,9H2,1H3,(H,15,17). The second-order valence-electron chi connectivity index (χ2n) is 4.91. The first kappa shape index (κ1) is 15.1. The van der Waals surface area contributed by atoms with Gasteiger partial charge in [0.2, 0.25) is 5.91 Å². The number of aromatic nitrogens is 1. The van der Waals surface area contributed by atoms with Gasteiger partial charge in [0.1, 0.15) is 5.01 Å². The van der Waals surface area contributed by atoms with Gasteiger partial charge in [-0.2, -0.15) is 11.8 Å². The predicted molar refractivity (Wildman–Crippen MR) is 83.1 cm³/mol. The number of hydrogen-bond acceptors (Lipinski definition) is 4. The SMILES string of the molecule is CSC1(CNC(=O)Cc2nc(CCl)cs2)CCCC1. The highest BCUT2D eigenvalue weighted by Crippen LogP contribution is 2.39. The fourth-order valence-electron chi connectivity index (χ4n) is 2.42. The summed E-state index contributed by atoms with van der Waals surface area (Å²) in [5.41, 5.74) is 0.853. The number of thioether (sulfide) groups is 1. The van der Waals surface area contributed by atoms with E-state index in [1.807, 2.05) is 17.1 Å². The first-order valence-electron chi connectivity index (χ1n) is 6.48. The maximum Gasteiger partial charge on any atom is 0.226 e. The van der Waals surface area contributed by atoms with E-state index in [-0.39, 0.29) is 10.7 Å². The average Bonchev–Trinajstić information content (AvgIpc) is 3.06. The minimum absolute atomic E-state index is 0.0656. The molecule has 0 spiro atoms. The van der Waals surface area contributed by atoms with Crippen LogP contribution in [-0.4, -0.2) is 28.4 Å². The molecule has 1 saturated carbocycles. The zero-order valence-electron chi connectivity index (χ0n) is 11.1. The summed E-state index contributed by atoms with van der Waals surface area (Å²) in [6.07, 6.45) is 7.49.